The quantitative estimate of drug-likeness (QED) is 0.476. The van der Waals surface area contributed by atoms with Crippen LogP contribution >= 0.6 is 0 Å². The van der Waals surface area contributed by atoms with Crippen LogP contribution in [0.15, 0.2) is 66.9 Å². The van der Waals surface area contributed by atoms with E-state index < -0.39 is 0 Å². The zero-order valence-electron chi connectivity index (χ0n) is 9.88. The number of halogens is 1. The van der Waals surface area contributed by atoms with E-state index in [1.165, 1.54) is 0 Å². The highest BCUT2D eigenvalue weighted by Crippen LogP contribution is 2.14. The molecule has 18 heavy (non-hydrogen) atoms. The van der Waals surface area contributed by atoms with Crippen molar-refractivity contribution in [2.24, 2.45) is 0 Å². The second-order valence-corrected chi connectivity index (χ2v) is 4.31. The molecule has 2 aromatic carbocycles. The second kappa shape index (κ2) is 4.57. The minimum Gasteiger partial charge on any atom is -0.169 e. The molecule has 88 valence electrons. The monoisotopic (exact) mass is 238 g/mol. The maximum atomic E-state index is 14.3. The number of rotatable bonds is 2. The van der Waals surface area contributed by atoms with Crippen molar-refractivity contribution in [3.63, 3.8) is 0 Å². The van der Waals surface area contributed by atoms with Gasteiger partial charge >= 0.3 is 5.95 Å². The van der Waals surface area contributed by atoms with Gasteiger partial charge < -0.3 is 0 Å². The molecule has 3 aromatic rings. The van der Waals surface area contributed by atoms with Crippen molar-refractivity contribution in [2.75, 3.05) is 0 Å². The fourth-order valence-electron chi connectivity index (χ4n) is 2.12. The third-order valence-electron chi connectivity index (χ3n) is 3.06. The molecule has 0 amide bonds. The number of nitrogens with zero attached hydrogens (tertiary/aromatic N) is 1. The first-order valence-corrected chi connectivity index (χ1v) is 5.95. The fraction of sp³-hybridized carbons (Fsp3) is 0.0625. The van der Waals surface area contributed by atoms with E-state index >= 15 is 0 Å². The van der Waals surface area contributed by atoms with E-state index in [0.29, 0.717) is 11.9 Å². The SMILES string of the molecule is Fc1c2ccccc2cc[n+]1Cc1ccccc1. The molecule has 0 aliphatic rings. The first-order chi connectivity index (χ1) is 8.84. The fourth-order valence-corrected chi connectivity index (χ4v) is 2.12. The predicted octanol–water partition coefficient (Wildman–Crippen LogP) is 3.31. The van der Waals surface area contributed by atoms with Crippen LogP contribution in [0.25, 0.3) is 10.8 Å². The normalized spacial score (nSPS) is 10.7. The van der Waals surface area contributed by atoms with Crippen molar-refractivity contribution in [3.05, 3.63) is 78.4 Å². The summed E-state index contributed by atoms with van der Waals surface area (Å²) < 4.78 is 16.0. The Morgan fingerprint density at radius 2 is 1.56 bits per heavy atom. The molecule has 0 unspecified atom stereocenters. The molecule has 0 spiro atoms. The Morgan fingerprint density at radius 3 is 2.39 bits per heavy atom. The number of fused-ring (bicyclic) bond motifs is 1. The zero-order valence-corrected chi connectivity index (χ0v) is 9.88. The summed E-state index contributed by atoms with van der Waals surface area (Å²) in [6.45, 7) is 0.553. The van der Waals surface area contributed by atoms with Crippen molar-refractivity contribution < 1.29 is 8.96 Å². The van der Waals surface area contributed by atoms with Crippen molar-refractivity contribution >= 4 is 10.8 Å². The zero-order chi connectivity index (χ0) is 12.4. The number of benzene rings is 2. The van der Waals surface area contributed by atoms with E-state index in [9.17, 15) is 4.39 Å². The highest BCUT2D eigenvalue weighted by molar-refractivity contribution is 5.80. The summed E-state index contributed by atoms with van der Waals surface area (Å²) in [5, 5.41) is 1.59. The van der Waals surface area contributed by atoms with Crippen molar-refractivity contribution in [1.82, 2.24) is 0 Å². The lowest BCUT2D eigenvalue weighted by Crippen LogP contribution is -2.38. The lowest BCUT2D eigenvalue weighted by Gasteiger charge is -2.01. The molecular formula is C16H13FN+. The Morgan fingerprint density at radius 1 is 0.833 bits per heavy atom. The molecule has 0 radical (unpaired) electrons. The lowest BCUT2D eigenvalue weighted by atomic mass is 10.1. The molecule has 0 aliphatic heterocycles. The standard InChI is InChI=1S/C16H13FN/c17-16-15-9-5-4-8-14(15)10-11-18(16)12-13-6-2-1-3-7-13/h1-11H,12H2/q+1. The summed E-state index contributed by atoms with van der Waals surface area (Å²) >= 11 is 0. The molecule has 0 bridgehead atoms. The molecule has 0 atom stereocenters. The number of aromatic nitrogens is 1. The molecule has 0 saturated carbocycles. The van der Waals surface area contributed by atoms with Gasteiger partial charge in [0.1, 0.15) is 0 Å². The topological polar surface area (TPSA) is 3.88 Å². The third kappa shape index (κ3) is 1.97. The molecule has 1 nitrogen and oxygen atoms in total. The molecule has 0 aliphatic carbocycles. The van der Waals surface area contributed by atoms with Crippen LogP contribution < -0.4 is 4.57 Å². The van der Waals surface area contributed by atoms with Gasteiger partial charge in [0, 0.05) is 11.6 Å². The van der Waals surface area contributed by atoms with Gasteiger partial charge in [-0.1, -0.05) is 48.5 Å². The van der Waals surface area contributed by atoms with Crippen LogP contribution in [0.2, 0.25) is 0 Å². The van der Waals surface area contributed by atoms with E-state index in [1.807, 2.05) is 60.7 Å². The minimum absolute atomic E-state index is 0.183. The minimum atomic E-state index is -0.183. The van der Waals surface area contributed by atoms with Gasteiger partial charge in [0.15, 0.2) is 12.7 Å². The maximum Gasteiger partial charge on any atom is 0.367 e. The average Bonchev–Trinajstić information content (AvgIpc) is 2.43. The highest BCUT2D eigenvalue weighted by Gasteiger charge is 2.14. The number of pyridine rings is 1. The van der Waals surface area contributed by atoms with Gasteiger partial charge in [-0.15, -0.1) is 4.39 Å². The largest absolute Gasteiger partial charge is 0.367 e. The van der Waals surface area contributed by atoms with Gasteiger partial charge in [-0.05, 0) is 11.5 Å². The van der Waals surface area contributed by atoms with Crippen LogP contribution in [0.5, 0.6) is 0 Å². The third-order valence-corrected chi connectivity index (χ3v) is 3.06. The molecule has 0 saturated heterocycles. The summed E-state index contributed by atoms with van der Waals surface area (Å²) in [6, 6.07) is 19.4. The lowest BCUT2D eigenvalue weighted by molar-refractivity contribution is -0.714. The average molecular weight is 238 g/mol. The Kier molecular flexibility index (Phi) is 2.77. The number of hydrogen-bond donors (Lipinski definition) is 0. The van der Waals surface area contributed by atoms with E-state index in [0.717, 1.165) is 10.9 Å². The van der Waals surface area contributed by atoms with E-state index in [2.05, 4.69) is 0 Å². The molecule has 0 N–H and O–H groups in total. The van der Waals surface area contributed by atoms with Gasteiger partial charge in [-0.2, -0.15) is 4.57 Å². The van der Waals surface area contributed by atoms with Gasteiger partial charge in [-0.3, -0.25) is 0 Å². The van der Waals surface area contributed by atoms with Crippen molar-refractivity contribution in [1.29, 1.82) is 0 Å². The Bertz CT molecular complexity index is 677. The molecule has 0 fully saturated rings. The van der Waals surface area contributed by atoms with E-state index in [-0.39, 0.29) is 5.95 Å². The molecule has 1 aromatic heterocycles. The first-order valence-electron chi connectivity index (χ1n) is 5.95. The first kappa shape index (κ1) is 10.9. The van der Waals surface area contributed by atoms with Crippen molar-refractivity contribution in [3.8, 4) is 0 Å². The van der Waals surface area contributed by atoms with Gasteiger partial charge in [0.05, 0.1) is 5.39 Å². The summed E-state index contributed by atoms with van der Waals surface area (Å²) in [6.07, 6.45) is 1.80. The predicted molar refractivity (Wildman–Crippen MR) is 69.6 cm³/mol. The molecule has 2 heteroatoms. The molecule has 3 rings (SSSR count). The highest BCUT2D eigenvalue weighted by atomic mass is 19.1. The Balaban J connectivity index is 2.05. The van der Waals surface area contributed by atoms with Gasteiger partial charge in [-0.25, -0.2) is 0 Å². The van der Waals surface area contributed by atoms with Gasteiger partial charge in [0.25, 0.3) is 0 Å². The smallest absolute Gasteiger partial charge is 0.169 e. The summed E-state index contributed by atoms with van der Waals surface area (Å²) in [5.74, 6) is -0.183. The van der Waals surface area contributed by atoms with Crippen LogP contribution in [-0.4, -0.2) is 0 Å². The van der Waals surface area contributed by atoms with Crippen LogP contribution in [-0.2, 0) is 6.54 Å². The summed E-state index contributed by atoms with van der Waals surface area (Å²) in [5.41, 5.74) is 1.09. The van der Waals surface area contributed by atoms with Crippen LogP contribution in [0.3, 0.4) is 0 Å². The van der Waals surface area contributed by atoms with Crippen LogP contribution in [0.1, 0.15) is 5.56 Å². The van der Waals surface area contributed by atoms with Gasteiger partial charge in [0.2, 0.25) is 0 Å². The molecular weight excluding hydrogens is 225 g/mol. The summed E-state index contributed by atoms with van der Waals surface area (Å²) in [4.78, 5) is 0. The van der Waals surface area contributed by atoms with E-state index in [1.54, 1.807) is 10.8 Å². The van der Waals surface area contributed by atoms with E-state index in [4.69, 9.17) is 0 Å². The number of hydrogen-bond acceptors (Lipinski definition) is 0. The Hall–Kier alpha value is -2.22. The Labute approximate surface area is 105 Å². The van der Waals surface area contributed by atoms with Crippen LogP contribution in [0, 0.1) is 5.95 Å². The van der Waals surface area contributed by atoms with Crippen molar-refractivity contribution in [2.45, 2.75) is 6.54 Å². The molecule has 1 heterocycles. The summed E-state index contributed by atoms with van der Waals surface area (Å²) in [7, 11) is 0. The van der Waals surface area contributed by atoms with Crippen LogP contribution in [0.4, 0.5) is 4.39 Å². The second-order valence-electron chi connectivity index (χ2n) is 4.31. The maximum absolute atomic E-state index is 14.3.